The van der Waals surface area contributed by atoms with Gasteiger partial charge in [-0.2, -0.15) is 0 Å². The van der Waals surface area contributed by atoms with Gasteiger partial charge in [0.15, 0.2) is 0 Å². The highest BCUT2D eigenvalue weighted by molar-refractivity contribution is 5.97. The number of anilines is 1. The number of aliphatic carboxylic acids is 1. The number of nitrogens with zero attached hydrogens (tertiary/aromatic N) is 3. The molecule has 27 heavy (non-hydrogen) atoms. The molecule has 2 aromatic rings. The Hall–Kier alpha value is -2.89. The third kappa shape index (κ3) is 3.39. The largest absolute Gasteiger partial charge is 0.480 e. The van der Waals surface area contributed by atoms with Gasteiger partial charge >= 0.3 is 5.97 Å². The minimum Gasteiger partial charge on any atom is -0.480 e. The lowest BCUT2D eigenvalue weighted by molar-refractivity contribution is -0.142. The number of carbonyl (C=O) groups excluding carboxylic acids is 1. The summed E-state index contributed by atoms with van der Waals surface area (Å²) in [5.41, 5.74) is 2.49. The summed E-state index contributed by atoms with van der Waals surface area (Å²) in [6.07, 6.45) is 3.09. The lowest BCUT2D eigenvalue weighted by atomic mass is 9.93. The fourth-order valence-corrected chi connectivity index (χ4v) is 3.99. The number of fused-ring (bicyclic) bond motifs is 1. The lowest BCUT2D eigenvalue weighted by Gasteiger charge is -2.34. The molecule has 1 unspecified atom stereocenters. The SMILES string of the molecule is CC1CCN(c2cc(C(=O)N3Cc4ccccc4C[C@H]3C(=O)O)ccn2)C1. The van der Waals surface area contributed by atoms with Crippen LogP contribution >= 0.6 is 0 Å². The summed E-state index contributed by atoms with van der Waals surface area (Å²) in [7, 11) is 0. The maximum atomic E-state index is 13.2. The molecule has 0 spiro atoms. The minimum atomic E-state index is -0.972. The predicted octanol–water partition coefficient (Wildman–Crippen LogP) is 2.58. The second-order valence-corrected chi connectivity index (χ2v) is 7.50. The van der Waals surface area contributed by atoms with Gasteiger partial charge in [0.1, 0.15) is 11.9 Å². The highest BCUT2D eigenvalue weighted by Crippen LogP contribution is 2.27. The van der Waals surface area contributed by atoms with Crippen molar-refractivity contribution in [1.29, 1.82) is 0 Å². The van der Waals surface area contributed by atoms with Crippen LogP contribution in [0.2, 0.25) is 0 Å². The predicted molar refractivity (Wildman–Crippen MR) is 102 cm³/mol. The Morgan fingerprint density at radius 3 is 2.67 bits per heavy atom. The molecule has 140 valence electrons. The average Bonchev–Trinajstić information content (AvgIpc) is 3.13. The van der Waals surface area contributed by atoms with E-state index in [0.717, 1.165) is 36.5 Å². The Bertz CT molecular complexity index is 882. The first-order valence-electron chi connectivity index (χ1n) is 9.34. The second-order valence-electron chi connectivity index (χ2n) is 7.50. The van der Waals surface area contributed by atoms with E-state index in [-0.39, 0.29) is 5.91 Å². The molecule has 0 aliphatic carbocycles. The number of pyridine rings is 1. The number of aromatic nitrogens is 1. The van der Waals surface area contributed by atoms with Gasteiger partial charge < -0.3 is 14.9 Å². The van der Waals surface area contributed by atoms with Gasteiger partial charge in [-0.1, -0.05) is 31.2 Å². The fourth-order valence-electron chi connectivity index (χ4n) is 3.99. The Kier molecular flexibility index (Phi) is 4.56. The van der Waals surface area contributed by atoms with Gasteiger partial charge in [-0.05, 0) is 35.6 Å². The summed E-state index contributed by atoms with van der Waals surface area (Å²) < 4.78 is 0. The van der Waals surface area contributed by atoms with E-state index in [1.54, 1.807) is 18.3 Å². The zero-order valence-corrected chi connectivity index (χ0v) is 15.3. The van der Waals surface area contributed by atoms with Crippen LogP contribution in [0.5, 0.6) is 0 Å². The van der Waals surface area contributed by atoms with Gasteiger partial charge in [0, 0.05) is 37.8 Å². The van der Waals surface area contributed by atoms with Crippen molar-refractivity contribution in [3.63, 3.8) is 0 Å². The van der Waals surface area contributed by atoms with Crippen molar-refractivity contribution in [1.82, 2.24) is 9.88 Å². The third-order valence-corrected chi connectivity index (χ3v) is 5.53. The molecule has 0 saturated carbocycles. The fraction of sp³-hybridized carbons (Fsp3) is 0.381. The molecule has 3 heterocycles. The van der Waals surface area contributed by atoms with Gasteiger partial charge in [-0.25, -0.2) is 9.78 Å². The zero-order chi connectivity index (χ0) is 19.0. The van der Waals surface area contributed by atoms with Gasteiger partial charge in [-0.15, -0.1) is 0 Å². The van der Waals surface area contributed by atoms with Crippen molar-refractivity contribution in [3.8, 4) is 0 Å². The first-order valence-corrected chi connectivity index (χ1v) is 9.34. The number of carboxylic acid groups (broad SMARTS) is 1. The molecule has 2 atom stereocenters. The zero-order valence-electron chi connectivity index (χ0n) is 15.3. The number of hydrogen-bond donors (Lipinski definition) is 1. The molecule has 1 saturated heterocycles. The second kappa shape index (κ2) is 7.02. The van der Waals surface area contributed by atoms with Gasteiger partial charge in [-0.3, -0.25) is 4.79 Å². The van der Waals surface area contributed by atoms with E-state index in [1.807, 2.05) is 24.3 Å². The van der Waals surface area contributed by atoms with Crippen LogP contribution in [0.3, 0.4) is 0 Å². The molecule has 6 nitrogen and oxygen atoms in total. The van der Waals surface area contributed by atoms with Crippen LogP contribution in [-0.2, 0) is 17.8 Å². The molecule has 1 fully saturated rings. The summed E-state index contributed by atoms with van der Waals surface area (Å²) in [5.74, 6) is 0.170. The molecule has 6 heteroatoms. The molecular weight excluding hydrogens is 342 g/mol. The first kappa shape index (κ1) is 17.5. The van der Waals surface area contributed by atoms with E-state index in [4.69, 9.17) is 0 Å². The molecule has 2 aliphatic heterocycles. The van der Waals surface area contributed by atoms with Crippen molar-refractivity contribution in [2.24, 2.45) is 5.92 Å². The molecule has 2 aliphatic rings. The highest BCUT2D eigenvalue weighted by Gasteiger charge is 2.35. The molecule has 1 N–H and O–H groups in total. The van der Waals surface area contributed by atoms with Crippen LogP contribution in [0, 0.1) is 5.92 Å². The number of amides is 1. The highest BCUT2D eigenvalue weighted by atomic mass is 16.4. The number of hydrogen-bond acceptors (Lipinski definition) is 4. The van der Waals surface area contributed by atoms with Crippen molar-refractivity contribution in [3.05, 3.63) is 59.3 Å². The molecule has 1 aromatic heterocycles. The van der Waals surface area contributed by atoms with E-state index in [2.05, 4.69) is 16.8 Å². The van der Waals surface area contributed by atoms with Gasteiger partial charge in [0.2, 0.25) is 0 Å². The van der Waals surface area contributed by atoms with E-state index in [9.17, 15) is 14.7 Å². The van der Waals surface area contributed by atoms with Gasteiger partial charge in [0.25, 0.3) is 5.91 Å². The molecule has 0 bridgehead atoms. The minimum absolute atomic E-state index is 0.257. The Labute approximate surface area is 158 Å². The van der Waals surface area contributed by atoms with E-state index in [1.165, 1.54) is 4.90 Å². The summed E-state index contributed by atoms with van der Waals surface area (Å²) in [6, 6.07) is 10.3. The van der Waals surface area contributed by atoms with Crippen molar-refractivity contribution >= 4 is 17.7 Å². The maximum absolute atomic E-state index is 13.2. The number of carbonyl (C=O) groups is 2. The monoisotopic (exact) mass is 365 g/mol. The normalized spacial score (nSPS) is 21.8. The Morgan fingerprint density at radius 1 is 1.19 bits per heavy atom. The summed E-state index contributed by atoms with van der Waals surface area (Å²) >= 11 is 0. The smallest absolute Gasteiger partial charge is 0.326 e. The van der Waals surface area contributed by atoms with E-state index >= 15 is 0 Å². The summed E-state index contributed by atoms with van der Waals surface area (Å²) in [6.45, 7) is 4.38. The average molecular weight is 365 g/mol. The summed E-state index contributed by atoms with van der Waals surface area (Å²) in [4.78, 5) is 33.0. The molecule has 0 radical (unpaired) electrons. The molecule has 1 aromatic carbocycles. The Balaban J connectivity index is 1.62. The topological polar surface area (TPSA) is 73.7 Å². The van der Waals surface area contributed by atoms with Crippen molar-refractivity contribution in [2.45, 2.75) is 32.4 Å². The maximum Gasteiger partial charge on any atom is 0.326 e. The lowest BCUT2D eigenvalue weighted by Crippen LogP contribution is -2.48. The quantitative estimate of drug-likeness (QED) is 0.905. The third-order valence-electron chi connectivity index (χ3n) is 5.53. The molecular formula is C21H23N3O3. The summed E-state index contributed by atoms with van der Waals surface area (Å²) in [5, 5.41) is 9.67. The van der Waals surface area contributed by atoms with Crippen LogP contribution < -0.4 is 4.90 Å². The number of rotatable bonds is 3. The standard InChI is InChI=1S/C21H23N3O3/c1-14-7-9-23(12-14)19-11-16(6-8-22-19)20(25)24-13-17-5-3-2-4-15(17)10-18(24)21(26)27/h2-6,8,11,14,18H,7,9-10,12-13H2,1H3,(H,26,27)/t14?,18-/m0/s1. The van der Waals surface area contributed by atoms with E-state index < -0.39 is 12.0 Å². The van der Waals surface area contributed by atoms with Crippen molar-refractivity contribution in [2.75, 3.05) is 18.0 Å². The molecule has 1 amide bonds. The molecule has 4 rings (SSSR count). The van der Waals surface area contributed by atoms with Crippen LogP contribution in [0.25, 0.3) is 0 Å². The first-order chi connectivity index (χ1) is 13.0. The number of carboxylic acids is 1. The van der Waals surface area contributed by atoms with Crippen LogP contribution in [-0.4, -0.2) is 46.0 Å². The van der Waals surface area contributed by atoms with Crippen LogP contribution in [0.15, 0.2) is 42.6 Å². The van der Waals surface area contributed by atoms with Crippen LogP contribution in [0.1, 0.15) is 34.8 Å². The Morgan fingerprint density at radius 2 is 1.96 bits per heavy atom. The van der Waals surface area contributed by atoms with Gasteiger partial charge in [0.05, 0.1) is 0 Å². The van der Waals surface area contributed by atoms with Crippen molar-refractivity contribution < 1.29 is 14.7 Å². The van der Waals surface area contributed by atoms with E-state index in [0.29, 0.717) is 24.4 Å². The van der Waals surface area contributed by atoms with Crippen LogP contribution in [0.4, 0.5) is 5.82 Å². The number of benzene rings is 1.